The van der Waals surface area contributed by atoms with Crippen molar-refractivity contribution >= 4 is 5.96 Å². The zero-order valence-electron chi connectivity index (χ0n) is 14.1. The normalized spacial score (nSPS) is 23.8. The molecule has 1 saturated heterocycles. The van der Waals surface area contributed by atoms with E-state index in [1.807, 2.05) is 6.07 Å². The van der Waals surface area contributed by atoms with Crippen molar-refractivity contribution in [3.05, 3.63) is 35.6 Å². The average Bonchev–Trinajstić information content (AvgIpc) is 3.23. The maximum atomic E-state index is 13.5. The zero-order chi connectivity index (χ0) is 16.3. The second-order valence-corrected chi connectivity index (χ2v) is 7.01. The van der Waals surface area contributed by atoms with E-state index < -0.39 is 0 Å². The first-order valence-corrected chi connectivity index (χ1v) is 8.50. The lowest BCUT2D eigenvalue weighted by atomic mass is 9.96. The van der Waals surface area contributed by atoms with Crippen LogP contribution < -0.4 is 10.6 Å². The molecule has 1 saturated carbocycles. The molecule has 5 heteroatoms. The van der Waals surface area contributed by atoms with Crippen LogP contribution in [0.5, 0.6) is 0 Å². The molecule has 1 aromatic carbocycles. The molecular formula is C18H27FN4. The van der Waals surface area contributed by atoms with E-state index in [1.54, 1.807) is 19.2 Å². The highest BCUT2D eigenvalue weighted by molar-refractivity contribution is 5.79. The molecule has 2 N–H and O–H groups in total. The highest BCUT2D eigenvalue weighted by Crippen LogP contribution is 2.47. The Balaban J connectivity index is 1.50. The fraction of sp³-hybridized carbons (Fsp3) is 0.611. The van der Waals surface area contributed by atoms with E-state index in [9.17, 15) is 4.39 Å². The number of hydrogen-bond donors (Lipinski definition) is 2. The van der Waals surface area contributed by atoms with Gasteiger partial charge >= 0.3 is 0 Å². The predicted octanol–water partition coefficient (Wildman–Crippen LogP) is 1.97. The van der Waals surface area contributed by atoms with Crippen molar-refractivity contribution in [1.29, 1.82) is 0 Å². The van der Waals surface area contributed by atoms with E-state index in [2.05, 4.69) is 27.6 Å². The fourth-order valence-electron chi connectivity index (χ4n) is 3.44. The van der Waals surface area contributed by atoms with Gasteiger partial charge in [-0.15, -0.1) is 0 Å². The minimum atomic E-state index is -0.151. The number of likely N-dealkylation sites (tertiary alicyclic amines) is 1. The van der Waals surface area contributed by atoms with Crippen LogP contribution in [-0.2, 0) is 5.41 Å². The van der Waals surface area contributed by atoms with Gasteiger partial charge in [-0.05, 0) is 56.5 Å². The largest absolute Gasteiger partial charge is 0.356 e. The van der Waals surface area contributed by atoms with E-state index in [-0.39, 0.29) is 11.2 Å². The second-order valence-electron chi connectivity index (χ2n) is 7.01. The summed E-state index contributed by atoms with van der Waals surface area (Å²) in [6.07, 6.45) is 3.45. The summed E-state index contributed by atoms with van der Waals surface area (Å²) in [4.78, 5) is 6.68. The van der Waals surface area contributed by atoms with Crippen molar-refractivity contribution in [3.63, 3.8) is 0 Å². The minimum absolute atomic E-state index is 0.0767. The third kappa shape index (κ3) is 4.02. The van der Waals surface area contributed by atoms with Gasteiger partial charge < -0.3 is 15.5 Å². The molecule has 0 radical (unpaired) electrons. The molecule has 0 spiro atoms. The Morgan fingerprint density at radius 3 is 2.83 bits per heavy atom. The molecular weight excluding hydrogens is 291 g/mol. The third-order valence-electron chi connectivity index (χ3n) is 5.16. The van der Waals surface area contributed by atoms with Crippen LogP contribution in [0.4, 0.5) is 4.39 Å². The van der Waals surface area contributed by atoms with E-state index in [0.29, 0.717) is 5.92 Å². The quantitative estimate of drug-likeness (QED) is 0.644. The Kier molecular flexibility index (Phi) is 4.85. The number of hydrogen-bond acceptors (Lipinski definition) is 2. The average molecular weight is 318 g/mol. The first-order chi connectivity index (χ1) is 11.1. The monoisotopic (exact) mass is 318 g/mol. The molecule has 1 aliphatic carbocycles. The number of nitrogens with one attached hydrogen (secondary N) is 2. The van der Waals surface area contributed by atoms with Crippen LogP contribution in [0.1, 0.15) is 24.8 Å². The van der Waals surface area contributed by atoms with Crippen molar-refractivity contribution < 1.29 is 4.39 Å². The molecule has 2 fully saturated rings. The summed E-state index contributed by atoms with van der Waals surface area (Å²) < 4.78 is 13.5. The van der Waals surface area contributed by atoms with Gasteiger partial charge in [0.2, 0.25) is 0 Å². The maximum Gasteiger partial charge on any atom is 0.191 e. The molecule has 0 bridgehead atoms. The fourth-order valence-corrected chi connectivity index (χ4v) is 3.44. The lowest BCUT2D eigenvalue weighted by molar-refractivity contribution is 0.393. The van der Waals surface area contributed by atoms with E-state index >= 15 is 0 Å². The van der Waals surface area contributed by atoms with Crippen LogP contribution in [0.2, 0.25) is 0 Å². The number of rotatable bonds is 5. The van der Waals surface area contributed by atoms with Gasteiger partial charge in [-0.25, -0.2) is 4.39 Å². The molecule has 126 valence electrons. The Morgan fingerprint density at radius 2 is 2.22 bits per heavy atom. The molecule has 1 atom stereocenters. The van der Waals surface area contributed by atoms with Crippen LogP contribution in [0.3, 0.4) is 0 Å². The Labute approximate surface area is 138 Å². The zero-order valence-corrected chi connectivity index (χ0v) is 14.1. The van der Waals surface area contributed by atoms with Crippen LogP contribution in [0.25, 0.3) is 0 Å². The van der Waals surface area contributed by atoms with E-state index in [4.69, 9.17) is 0 Å². The summed E-state index contributed by atoms with van der Waals surface area (Å²) in [5, 5.41) is 6.86. The molecule has 1 aliphatic heterocycles. The number of benzene rings is 1. The Morgan fingerprint density at radius 1 is 1.39 bits per heavy atom. The number of aliphatic imine (C=N–C) groups is 1. The lowest BCUT2D eigenvalue weighted by Gasteiger charge is -2.20. The van der Waals surface area contributed by atoms with Crippen molar-refractivity contribution in [2.24, 2.45) is 10.9 Å². The summed E-state index contributed by atoms with van der Waals surface area (Å²) in [5.74, 6) is 1.39. The summed E-state index contributed by atoms with van der Waals surface area (Å²) in [5.41, 5.74) is 1.17. The summed E-state index contributed by atoms with van der Waals surface area (Å²) in [7, 11) is 3.97. The molecule has 0 amide bonds. The lowest BCUT2D eigenvalue weighted by Crippen LogP contribution is -2.43. The Hall–Kier alpha value is -1.62. The predicted molar refractivity (Wildman–Crippen MR) is 92.3 cm³/mol. The summed E-state index contributed by atoms with van der Waals surface area (Å²) in [6, 6.07) is 7.00. The summed E-state index contributed by atoms with van der Waals surface area (Å²) in [6.45, 7) is 4.09. The molecule has 0 aromatic heterocycles. The van der Waals surface area contributed by atoms with E-state index in [0.717, 1.165) is 44.0 Å². The minimum Gasteiger partial charge on any atom is -0.356 e. The molecule has 2 aliphatic rings. The first-order valence-electron chi connectivity index (χ1n) is 8.50. The molecule has 1 heterocycles. The van der Waals surface area contributed by atoms with Gasteiger partial charge in [0.1, 0.15) is 5.82 Å². The van der Waals surface area contributed by atoms with Gasteiger partial charge in [-0.3, -0.25) is 4.99 Å². The van der Waals surface area contributed by atoms with Crippen LogP contribution in [0.15, 0.2) is 29.3 Å². The number of guanidine groups is 1. The molecule has 4 nitrogen and oxygen atoms in total. The summed E-state index contributed by atoms with van der Waals surface area (Å²) >= 11 is 0. The second kappa shape index (κ2) is 6.87. The van der Waals surface area contributed by atoms with Crippen molar-refractivity contribution in [1.82, 2.24) is 15.5 Å². The molecule has 1 aromatic rings. The number of nitrogens with zero attached hydrogens (tertiary/aromatic N) is 2. The van der Waals surface area contributed by atoms with Gasteiger partial charge in [0, 0.05) is 32.1 Å². The van der Waals surface area contributed by atoms with Crippen molar-refractivity contribution in [3.8, 4) is 0 Å². The van der Waals surface area contributed by atoms with Gasteiger partial charge in [0.25, 0.3) is 0 Å². The third-order valence-corrected chi connectivity index (χ3v) is 5.16. The van der Waals surface area contributed by atoms with Crippen LogP contribution in [-0.4, -0.2) is 51.1 Å². The Bertz CT molecular complexity index is 568. The number of halogens is 1. The van der Waals surface area contributed by atoms with Crippen molar-refractivity contribution in [2.45, 2.75) is 24.7 Å². The highest BCUT2D eigenvalue weighted by Gasteiger charge is 2.44. The standard InChI is InChI=1S/C18H27FN4/c1-20-17(21-11-14-6-9-23(2)12-14)22-13-18(7-8-18)15-4-3-5-16(19)10-15/h3-5,10,14H,6-9,11-13H2,1-2H3,(H2,20,21,22). The van der Waals surface area contributed by atoms with Crippen LogP contribution in [0, 0.1) is 11.7 Å². The smallest absolute Gasteiger partial charge is 0.191 e. The first kappa shape index (κ1) is 16.2. The molecule has 23 heavy (non-hydrogen) atoms. The molecule has 3 rings (SSSR count). The van der Waals surface area contributed by atoms with Gasteiger partial charge in [0.15, 0.2) is 5.96 Å². The SMILES string of the molecule is CN=C(NCC1CCN(C)C1)NCC1(c2cccc(F)c2)CC1. The van der Waals surface area contributed by atoms with Crippen molar-refractivity contribution in [2.75, 3.05) is 40.3 Å². The van der Waals surface area contributed by atoms with Gasteiger partial charge in [-0.2, -0.15) is 0 Å². The topological polar surface area (TPSA) is 39.7 Å². The van der Waals surface area contributed by atoms with Gasteiger partial charge in [-0.1, -0.05) is 12.1 Å². The highest BCUT2D eigenvalue weighted by atomic mass is 19.1. The maximum absolute atomic E-state index is 13.5. The van der Waals surface area contributed by atoms with E-state index in [1.165, 1.54) is 19.0 Å². The van der Waals surface area contributed by atoms with Gasteiger partial charge in [0.05, 0.1) is 0 Å². The van der Waals surface area contributed by atoms with Crippen LogP contribution >= 0.6 is 0 Å². The molecule has 1 unspecified atom stereocenters.